The first-order valence-corrected chi connectivity index (χ1v) is 10.2. The number of nitrogens with one attached hydrogen (secondary N) is 1. The zero-order valence-corrected chi connectivity index (χ0v) is 17.3. The number of aryl methyl sites for hydroxylation is 1. The first-order chi connectivity index (χ1) is 14.0. The fraction of sp³-hybridized carbons (Fsp3) is 0.174. The van der Waals surface area contributed by atoms with E-state index in [1.807, 2.05) is 44.2 Å². The third-order valence-corrected chi connectivity index (χ3v) is 5.44. The predicted octanol–water partition coefficient (Wildman–Crippen LogP) is 5.98. The van der Waals surface area contributed by atoms with Crippen molar-refractivity contribution in [2.45, 2.75) is 26.9 Å². The number of nitrogens with zero attached hydrogens (tertiary/aromatic N) is 2. The lowest BCUT2D eigenvalue weighted by atomic mass is 10.0. The van der Waals surface area contributed by atoms with Gasteiger partial charge in [0, 0.05) is 16.1 Å². The average molecular weight is 404 g/mol. The van der Waals surface area contributed by atoms with Crippen LogP contribution in [0.5, 0.6) is 0 Å². The molecule has 0 aliphatic carbocycles. The topological polar surface area (TPSA) is 64.1 Å². The number of ether oxygens (including phenoxy) is 1. The van der Waals surface area contributed by atoms with Gasteiger partial charge in [-0.25, -0.2) is 14.8 Å². The van der Waals surface area contributed by atoms with Gasteiger partial charge in [-0.2, -0.15) is 0 Å². The number of esters is 1. The van der Waals surface area contributed by atoms with Crippen molar-refractivity contribution in [3.63, 3.8) is 0 Å². The second-order valence-electron chi connectivity index (χ2n) is 6.96. The Morgan fingerprint density at radius 1 is 1.07 bits per heavy atom. The van der Waals surface area contributed by atoms with Crippen LogP contribution in [0.4, 0.5) is 11.5 Å². The number of hydrogen-bond acceptors (Lipinski definition) is 6. The van der Waals surface area contributed by atoms with Crippen LogP contribution in [0, 0.1) is 6.92 Å². The van der Waals surface area contributed by atoms with E-state index in [4.69, 9.17) is 4.74 Å². The molecular weight excluding hydrogens is 382 g/mol. The molecule has 0 spiro atoms. The summed E-state index contributed by atoms with van der Waals surface area (Å²) >= 11 is 1.65. The minimum Gasteiger partial charge on any atom is -0.459 e. The molecule has 146 valence electrons. The number of rotatable bonds is 5. The summed E-state index contributed by atoms with van der Waals surface area (Å²) in [6.45, 7) is 5.77. The van der Waals surface area contributed by atoms with Crippen molar-refractivity contribution < 1.29 is 9.53 Å². The Hall–Kier alpha value is -3.25. The zero-order valence-electron chi connectivity index (χ0n) is 16.5. The van der Waals surface area contributed by atoms with Gasteiger partial charge in [0.05, 0.1) is 17.1 Å². The minimum absolute atomic E-state index is 0.164. The van der Waals surface area contributed by atoms with Crippen molar-refractivity contribution in [1.82, 2.24) is 9.97 Å². The SMILES string of the molecule is Cc1sc2ncnc(Nc3cccc(C(=O)OC(C)C)c3)c2c1-c1ccccc1. The van der Waals surface area contributed by atoms with E-state index in [9.17, 15) is 4.79 Å². The normalized spacial score (nSPS) is 11.0. The number of hydrogen-bond donors (Lipinski definition) is 1. The third-order valence-electron chi connectivity index (χ3n) is 4.43. The maximum atomic E-state index is 12.2. The summed E-state index contributed by atoms with van der Waals surface area (Å²) in [6.07, 6.45) is 1.40. The van der Waals surface area contributed by atoms with E-state index in [0.717, 1.165) is 27.0 Å². The highest BCUT2D eigenvalue weighted by Crippen LogP contribution is 2.40. The van der Waals surface area contributed by atoms with Crippen molar-refractivity contribution in [1.29, 1.82) is 0 Å². The summed E-state index contributed by atoms with van der Waals surface area (Å²) < 4.78 is 5.30. The molecule has 0 saturated carbocycles. The van der Waals surface area contributed by atoms with Crippen LogP contribution in [0.2, 0.25) is 0 Å². The maximum absolute atomic E-state index is 12.2. The second kappa shape index (κ2) is 8.01. The molecule has 0 fully saturated rings. The van der Waals surface area contributed by atoms with Crippen molar-refractivity contribution in [3.05, 3.63) is 71.4 Å². The number of thiophene rings is 1. The summed E-state index contributed by atoms with van der Waals surface area (Å²) in [5.74, 6) is 0.375. The summed E-state index contributed by atoms with van der Waals surface area (Å²) in [7, 11) is 0. The highest BCUT2D eigenvalue weighted by atomic mass is 32.1. The predicted molar refractivity (Wildman–Crippen MR) is 118 cm³/mol. The Morgan fingerprint density at radius 2 is 1.86 bits per heavy atom. The fourth-order valence-electron chi connectivity index (χ4n) is 3.23. The van der Waals surface area contributed by atoms with E-state index < -0.39 is 0 Å². The number of benzene rings is 2. The van der Waals surface area contributed by atoms with Gasteiger partial charge in [-0.1, -0.05) is 36.4 Å². The molecule has 5 nitrogen and oxygen atoms in total. The molecule has 0 amide bonds. The van der Waals surface area contributed by atoms with E-state index in [1.54, 1.807) is 29.8 Å². The van der Waals surface area contributed by atoms with Crippen LogP contribution in [0.1, 0.15) is 29.1 Å². The van der Waals surface area contributed by atoms with Gasteiger partial charge in [0.25, 0.3) is 0 Å². The Kier molecular flexibility index (Phi) is 5.27. The van der Waals surface area contributed by atoms with E-state index in [1.165, 1.54) is 4.88 Å². The molecule has 1 N–H and O–H groups in total. The standard InChI is InChI=1S/C23H21N3O2S/c1-14(2)28-23(27)17-10-7-11-18(12-17)26-21-20-19(16-8-5-4-6-9-16)15(3)29-22(20)25-13-24-21/h4-14H,1-3H3,(H,24,25,26). The quantitative estimate of drug-likeness (QED) is 0.416. The van der Waals surface area contributed by atoms with Crippen LogP contribution in [0.3, 0.4) is 0 Å². The molecule has 0 aliphatic heterocycles. The molecule has 0 atom stereocenters. The highest BCUT2D eigenvalue weighted by molar-refractivity contribution is 7.19. The van der Waals surface area contributed by atoms with Crippen molar-refractivity contribution >= 4 is 39.0 Å². The largest absolute Gasteiger partial charge is 0.459 e. The molecule has 6 heteroatoms. The van der Waals surface area contributed by atoms with Crippen LogP contribution in [-0.2, 0) is 4.74 Å². The summed E-state index contributed by atoms with van der Waals surface area (Å²) in [6, 6.07) is 17.5. The third kappa shape index (κ3) is 3.98. The summed E-state index contributed by atoms with van der Waals surface area (Å²) in [5, 5.41) is 4.35. The van der Waals surface area contributed by atoms with Crippen molar-refractivity contribution in [3.8, 4) is 11.1 Å². The van der Waals surface area contributed by atoms with E-state index in [2.05, 4.69) is 34.3 Å². The molecule has 2 aromatic carbocycles. The molecule has 0 unspecified atom stereocenters. The number of fused-ring (bicyclic) bond motifs is 1. The monoisotopic (exact) mass is 403 g/mol. The Labute approximate surface area is 173 Å². The zero-order chi connectivity index (χ0) is 20.4. The minimum atomic E-state index is -0.340. The lowest BCUT2D eigenvalue weighted by Gasteiger charge is -2.11. The number of carbonyl (C=O) groups excluding carboxylic acids is 1. The molecule has 0 saturated heterocycles. The summed E-state index contributed by atoms with van der Waals surface area (Å²) in [4.78, 5) is 23.3. The second-order valence-corrected chi connectivity index (χ2v) is 8.16. The van der Waals surface area contributed by atoms with Gasteiger partial charge in [-0.3, -0.25) is 0 Å². The maximum Gasteiger partial charge on any atom is 0.338 e. The van der Waals surface area contributed by atoms with Crippen LogP contribution < -0.4 is 5.32 Å². The van der Waals surface area contributed by atoms with Crippen LogP contribution in [-0.4, -0.2) is 22.0 Å². The van der Waals surface area contributed by atoms with Gasteiger partial charge in [0.2, 0.25) is 0 Å². The van der Waals surface area contributed by atoms with Gasteiger partial charge in [0.1, 0.15) is 17.0 Å². The molecule has 0 aliphatic rings. The lowest BCUT2D eigenvalue weighted by molar-refractivity contribution is 0.0378. The molecule has 0 radical (unpaired) electrons. The Balaban J connectivity index is 1.75. The molecule has 2 heterocycles. The van der Waals surface area contributed by atoms with Crippen molar-refractivity contribution in [2.75, 3.05) is 5.32 Å². The first-order valence-electron chi connectivity index (χ1n) is 9.40. The van der Waals surface area contributed by atoms with Gasteiger partial charge < -0.3 is 10.1 Å². The average Bonchev–Trinajstić information content (AvgIpc) is 3.05. The first kappa shape index (κ1) is 19.1. The van der Waals surface area contributed by atoms with E-state index in [0.29, 0.717) is 11.4 Å². The number of anilines is 2. The molecular formula is C23H21N3O2S. The van der Waals surface area contributed by atoms with Gasteiger partial charge in [0.15, 0.2) is 0 Å². The number of aromatic nitrogens is 2. The Bertz CT molecular complexity index is 1170. The molecule has 4 aromatic rings. The number of carbonyl (C=O) groups is 1. The van der Waals surface area contributed by atoms with E-state index >= 15 is 0 Å². The van der Waals surface area contributed by atoms with Gasteiger partial charge in [-0.15, -0.1) is 11.3 Å². The molecule has 29 heavy (non-hydrogen) atoms. The fourth-order valence-corrected chi connectivity index (χ4v) is 4.25. The summed E-state index contributed by atoms with van der Waals surface area (Å²) in [5.41, 5.74) is 3.53. The molecule has 0 bridgehead atoms. The smallest absolute Gasteiger partial charge is 0.338 e. The van der Waals surface area contributed by atoms with Crippen LogP contribution >= 0.6 is 11.3 Å². The van der Waals surface area contributed by atoms with E-state index in [-0.39, 0.29) is 12.1 Å². The van der Waals surface area contributed by atoms with Gasteiger partial charge in [-0.05, 0) is 44.5 Å². The van der Waals surface area contributed by atoms with Crippen LogP contribution in [0.25, 0.3) is 21.3 Å². The Morgan fingerprint density at radius 3 is 2.62 bits per heavy atom. The van der Waals surface area contributed by atoms with Crippen LogP contribution in [0.15, 0.2) is 60.9 Å². The van der Waals surface area contributed by atoms with Crippen molar-refractivity contribution in [2.24, 2.45) is 0 Å². The highest BCUT2D eigenvalue weighted by Gasteiger charge is 2.17. The molecule has 2 aromatic heterocycles. The lowest BCUT2D eigenvalue weighted by Crippen LogP contribution is -2.11. The molecule has 4 rings (SSSR count). The van der Waals surface area contributed by atoms with Gasteiger partial charge >= 0.3 is 5.97 Å².